The molecule has 0 spiro atoms. The van der Waals surface area contributed by atoms with Crippen LogP contribution < -0.4 is 4.90 Å². The Morgan fingerprint density at radius 1 is 0.388 bits per heavy atom. The molecule has 0 radical (unpaired) electrons. The molecule has 8 aromatic carbocycles. The minimum Gasteiger partial charge on any atom is -0.456 e. The van der Waals surface area contributed by atoms with E-state index in [0.29, 0.717) is 0 Å². The summed E-state index contributed by atoms with van der Waals surface area (Å²) in [5.74, 6) is 0. The van der Waals surface area contributed by atoms with E-state index in [4.69, 9.17) is 4.42 Å². The van der Waals surface area contributed by atoms with E-state index < -0.39 is 0 Å². The summed E-state index contributed by atoms with van der Waals surface area (Å²) in [6.07, 6.45) is 0. The van der Waals surface area contributed by atoms with Crippen molar-refractivity contribution in [1.82, 2.24) is 0 Å². The summed E-state index contributed by atoms with van der Waals surface area (Å²) in [4.78, 5) is 2.40. The van der Waals surface area contributed by atoms with Crippen LogP contribution in [-0.2, 0) is 0 Å². The van der Waals surface area contributed by atoms with E-state index in [1.807, 2.05) is 23.5 Å². The van der Waals surface area contributed by atoms with E-state index in [1.54, 1.807) is 0 Å². The monoisotopic (exact) mass is 643 g/mol. The Kier molecular flexibility index (Phi) is 6.39. The highest BCUT2D eigenvalue weighted by Crippen LogP contribution is 2.46. The maximum atomic E-state index is 6.44. The van der Waals surface area contributed by atoms with Crippen LogP contribution in [0.25, 0.3) is 75.1 Å². The van der Waals surface area contributed by atoms with Crippen molar-refractivity contribution >= 4 is 81.3 Å². The molecular formula is C46H29NOS. The van der Waals surface area contributed by atoms with E-state index in [1.165, 1.54) is 53.2 Å². The molecule has 0 atom stereocenters. The van der Waals surface area contributed by atoms with Gasteiger partial charge < -0.3 is 9.32 Å². The highest BCUT2D eigenvalue weighted by molar-refractivity contribution is 7.25. The zero-order chi connectivity index (χ0) is 32.3. The molecule has 2 heterocycles. The highest BCUT2D eigenvalue weighted by atomic mass is 32.1. The van der Waals surface area contributed by atoms with Crippen molar-refractivity contribution in [3.05, 3.63) is 176 Å². The van der Waals surface area contributed by atoms with Gasteiger partial charge in [0.15, 0.2) is 0 Å². The van der Waals surface area contributed by atoms with Crippen molar-refractivity contribution in [3.63, 3.8) is 0 Å². The number of fused-ring (bicyclic) bond motifs is 7. The summed E-state index contributed by atoms with van der Waals surface area (Å²) in [7, 11) is 0. The number of nitrogens with zero attached hydrogens (tertiary/aromatic N) is 1. The fourth-order valence-electron chi connectivity index (χ4n) is 7.35. The molecular weight excluding hydrogens is 615 g/mol. The normalized spacial score (nSPS) is 11.7. The third kappa shape index (κ3) is 4.62. The Balaban J connectivity index is 1.26. The molecule has 10 rings (SSSR count). The SMILES string of the molecule is c1ccc(-c2ccc(N(c3ccc4c(c3)oc3ccccc34)c3cccc4cc5sc6ccccc6c5cc34)cc2-c2ccccc2)cc1. The average Bonchev–Trinajstić information content (AvgIpc) is 3.72. The van der Waals surface area contributed by atoms with Crippen LogP contribution in [0.5, 0.6) is 0 Å². The fourth-order valence-corrected chi connectivity index (χ4v) is 8.49. The maximum Gasteiger partial charge on any atom is 0.137 e. The molecule has 0 aliphatic heterocycles. The van der Waals surface area contributed by atoms with Crippen molar-refractivity contribution in [3.8, 4) is 22.3 Å². The third-order valence-corrected chi connectivity index (χ3v) is 10.8. The Labute approximate surface area is 287 Å². The standard InChI is InChI=1S/C46H29NOS/c1-3-12-30(13-4-1)35-24-22-33(27-39(35)31-14-5-2-6-15-31)47(34-23-25-37-36-17-7-9-20-43(36)48-44(37)28-34)42-19-11-16-32-26-46-41(29-40(32)42)38-18-8-10-21-45(38)49-46/h1-29H. The zero-order valence-electron chi connectivity index (χ0n) is 26.5. The number of furan rings is 1. The molecule has 3 heteroatoms. The van der Waals surface area contributed by atoms with Crippen LogP contribution in [0.2, 0.25) is 0 Å². The van der Waals surface area contributed by atoms with Gasteiger partial charge in [0.1, 0.15) is 11.2 Å². The Morgan fingerprint density at radius 3 is 1.90 bits per heavy atom. The number of hydrogen-bond donors (Lipinski definition) is 0. The van der Waals surface area contributed by atoms with Gasteiger partial charge in [0, 0.05) is 53.8 Å². The van der Waals surface area contributed by atoms with Gasteiger partial charge in [0.05, 0.1) is 5.69 Å². The molecule has 49 heavy (non-hydrogen) atoms. The lowest BCUT2D eigenvalue weighted by molar-refractivity contribution is 0.669. The van der Waals surface area contributed by atoms with E-state index in [2.05, 4.69) is 169 Å². The number of thiophene rings is 1. The lowest BCUT2D eigenvalue weighted by Gasteiger charge is -2.28. The van der Waals surface area contributed by atoms with Gasteiger partial charge in [-0.25, -0.2) is 0 Å². The van der Waals surface area contributed by atoms with Gasteiger partial charge in [0.25, 0.3) is 0 Å². The van der Waals surface area contributed by atoms with Gasteiger partial charge >= 0.3 is 0 Å². The Hall–Kier alpha value is -6.16. The van der Waals surface area contributed by atoms with Gasteiger partial charge in [-0.3, -0.25) is 0 Å². The summed E-state index contributed by atoms with van der Waals surface area (Å²) >= 11 is 1.86. The largest absolute Gasteiger partial charge is 0.456 e. The first-order valence-corrected chi connectivity index (χ1v) is 17.4. The lowest BCUT2D eigenvalue weighted by Crippen LogP contribution is -2.11. The molecule has 0 fully saturated rings. The topological polar surface area (TPSA) is 16.4 Å². The maximum absolute atomic E-state index is 6.44. The molecule has 0 saturated carbocycles. The van der Waals surface area contributed by atoms with Crippen LogP contribution in [0.15, 0.2) is 180 Å². The van der Waals surface area contributed by atoms with Crippen LogP contribution in [0.4, 0.5) is 17.1 Å². The average molecular weight is 644 g/mol. The number of para-hydroxylation sites is 1. The molecule has 10 aromatic rings. The van der Waals surface area contributed by atoms with Gasteiger partial charge in [0.2, 0.25) is 0 Å². The minimum absolute atomic E-state index is 0.874. The quantitative estimate of drug-likeness (QED) is 0.186. The second-order valence-corrected chi connectivity index (χ2v) is 13.6. The van der Waals surface area contributed by atoms with Crippen LogP contribution in [0.1, 0.15) is 0 Å². The summed E-state index contributed by atoms with van der Waals surface area (Å²) in [6, 6.07) is 63.3. The summed E-state index contributed by atoms with van der Waals surface area (Å²) in [6.45, 7) is 0. The second kappa shape index (κ2) is 11.2. The van der Waals surface area contributed by atoms with Crippen molar-refractivity contribution in [1.29, 1.82) is 0 Å². The molecule has 0 unspecified atom stereocenters. The first kappa shape index (κ1) is 27.9. The molecule has 0 bridgehead atoms. The molecule has 0 aliphatic rings. The van der Waals surface area contributed by atoms with E-state index in [0.717, 1.165) is 39.0 Å². The lowest BCUT2D eigenvalue weighted by atomic mass is 9.93. The summed E-state index contributed by atoms with van der Waals surface area (Å²) in [5, 5.41) is 7.26. The molecule has 0 N–H and O–H groups in total. The van der Waals surface area contributed by atoms with Gasteiger partial charge in [-0.1, -0.05) is 115 Å². The van der Waals surface area contributed by atoms with Crippen LogP contribution in [-0.4, -0.2) is 0 Å². The van der Waals surface area contributed by atoms with E-state index in [-0.39, 0.29) is 0 Å². The van der Waals surface area contributed by atoms with Crippen molar-refractivity contribution in [2.75, 3.05) is 4.90 Å². The molecule has 0 saturated heterocycles. The van der Waals surface area contributed by atoms with Crippen molar-refractivity contribution < 1.29 is 4.42 Å². The first-order valence-electron chi connectivity index (χ1n) is 16.6. The van der Waals surface area contributed by atoms with Gasteiger partial charge in [-0.15, -0.1) is 11.3 Å². The summed E-state index contributed by atoms with van der Waals surface area (Å²) < 4.78 is 9.06. The van der Waals surface area contributed by atoms with Crippen molar-refractivity contribution in [2.24, 2.45) is 0 Å². The second-order valence-electron chi connectivity index (χ2n) is 12.5. The van der Waals surface area contributed by atoms with Crippen LogP contribution in [0, 0.1) is 0 Å². The number of rotatable bonds is 5. The molecule has 230 valence electrons. The van der Waals surface area contributed by atoms with E-state index >= 15 is 0 Å². The Bertz CT molecular complexity index is 2830. The van der Waals surface area contributed by atoms with E-state index in [9.17, 15) is 0 Å². The van der Waals surface area contributed by atoms with Gasteiger partial charge in [-0.2, -0.15) is 0 Å². The number of hydrogen-bond acceptors (Lipinski definition) is 3. The fraction of sp³-hybridized carbons (Fsp3) is 0. The molecule has 0 aliphatic carbocycles. The Morgan fingerprint density at radius 2 is 1.06 bits per heavy atom. The number of benzene rings is 8. The van der Waals surface area contributed by atoms with Crippen LogP contribution in [0.3, 0.4) is 0 Å². The highest BCUT2D eigenvalue weighted by Gasteiger charge is 2.20. The van der Waals surface area contributed by atoms with Crippen molar-refractivity contribution in [2.45, 2.75) is 0 Å². The molecule has 2 aromatic heterocycles. The predicted octanol–water partition coefficient (Wildman–Crippen LogP) is 13.9. The predicted molar refractivity (Wildman–Crippen MR) is 210 cm³/mol. The number of anilines is 3. The molecule has 0 amide bonds. The molecule has 2 nitrogen and oxygen atoms in total. The third-order valence-electron chi connectivity index (χ3n) is 9.65. The minimum atomic E-state index is 0.874. The zero-order valence-corrected chi connectivity index (χ0v) is 27.3. The smallest absolute Gasteiger partial charge is 0.137 e. The first-order chi connectivity index (χ1) is 24.3. The van der Waals surface area contributed by atoms with Crippen LogP contribution >= 0.6 is 11.3 Å². The van der Waals surface area contributed by atoms with Gasteiger partial charge in [-0.05, 0) is 82.2 Å². The summed E-state index contributed by atoms with van der Waals surface area (Å²) in [5.41, 5.74) is 9.78.